The van der Waals surface area contributed by atoms with Gasteiger partial charge in [-0.25, -0.2) is 0 Å². The lowest BCUT2D eigenvalue weighted by Gasteiger charge is -2.05. The number of nitrogens with two attached hydrogens (primary N) is 1. The summed E-state index contributed by atoms with van der Waals surface area (Å²) in [5.74, 6) is -0.649. The molecule has 0 saturated heterocycles. The van der Waals surface area contributed by atoms with Gasteiger partial charge in [0.25, 0.3) is 0 Å². The molecule has 66 valence electrons. The van der Waals surface area contributed by atoms with Gasteiger partial charge in [-0.05, 0) is 11.1 Å². The van der Waals surface area contributed by atoms with Crippen molar-refractivity contribution >= 4 is 5.91 Å². The highest BCUT2D eigenvalue weighted by molar-refractivity contribution is 5.81. The Kier molecular flexibility index (Phi) is 2.89. The number of carbonyl (C=O) groups excluding carboxylic acids is 1. The molecule has 1 atom stereocenters. The van der Waals surface area contributed by atoms with E-state index in [1.807, 2.05) is 0 Å². The van der Waals surface area contributed by atoms with E-state index in [0.29, 0.717) is 5.56 Å². The molecule has 0 saturated carbocycles. The van der Waals surface area contributed by atoms with Crippen LogP contribution in [-0.4, -0.2) is 5.91 Å². The second-order valence-corrected chi connectivity index (χ2v) is 2.42. The second-order valence-electron chi connectivity index (χ2n) is 2.42. The molecule has 0 aromatic heterocycles. The minimum atomic E-state index is -0.911. The van der Waals surface area contributed by atoms with E-state index in [9.17, 15) is 4.79 Å². The fourth-order valence-corrected chi connectivity index (χ4v) is 0.975. The van der Waals surface area contributed by atoms with Crippen LogP contribution in [0.2, 0.25) is 0 Å². The smallest absolute Gasteiger partial charge is 0.230 e. The van der Waals surface area contributed by atoms with Crippen molar-refractivity contribution in [3.8, 4) is 0 Å². The molecule has 2 N–H and O–H groups in total. The van der Waals surface area contributed by atoms with Gasteiger partial charge < -0.3 is 5.73 Å². The van der Waals surface area contributed by atoms with Crippen LogP contribution in [0.3, 0.4) is 0 Å². The fourth-order valence-electron chi connectivity index (χ4n) is 0.975. The molecule has 0 heterocycles. The van der Waals surface area contributed by atoms with Gasteiger partial charge in [-0.3, -0.25) is 4.79 Å². The normalized spacial score (nSPS) is 11.4. The first-order valence-corrected chi connectivity index (χ1v) is 3.64. The van der Waals surface area contributed by atoms with Crippen LogP contribution in [0.1, 0.15) is 11.6 Å². The van der Waals surface area contributed by atoms with Crippen LogP contribution in [0.4, 0.5) is 0 Å². The summed E-state index contributed by atoms with van der Waals surface area (Å²) >= 11 is 0. The van der Waals surface area contributed by atoms with E-state index in [0.717, 1.165) is 0 Å². The number of amides is 1. The molecule has 0 bridgehead atoms. The minimum Gasteiger partial charge on any atom is -0.369 e. The van der Waals surface area contributed by atoms with Crippen molar-refractivity contribution in [1.82, 2.24) is 0 Å². The number of hydrogen-bond donors (Lipinski definition) is 1. The standard InChI is InChI=1S/C8H8N4O/c9-8(13)7(11-12-10)6-4-2-1-3-5-6/h1-5,7H,(H2,9,13). The molecular weight excluding hydrogens is 168 g/mol. The highest BCUT2D eigenvalue weighted by Gasteiger charge is 2.14. The monoisotopic (exact) mass is 176 g/mol. The van der Waals surface area contributed by atoms with Crippen LogP contribution >= 0.6 is 0 Å². The Hall–Kier alpha value is -2.00. The van der Waals surface area contributed by atoms with Crippen LogP contribution in [0.25, 0.3) is 10.4 Å². The number of rotatable bonds is 3. The third-order valence-electron chi connectivity index (χ3n) is 1.55. The van der Waals surface area contributed by atoms with E-state index in [2.05, 4.69) is 10.0 Å². The molecule has 1 amide bonds. The van der Waals surface area contributed by atoms with Gasteiger partial charge in [0, 0.05) is 4.91 Å². The molecule has 0 fully saturated rings. The molecule has 0 spiro atoms. The summed E-state index contributed by atoms with van der Waals surface area (Å²) < 4.78 is 0. The number of primary amides is 1. The Morgan fingerprint density at radius 2 is 2.08 bits per heavy atom. The first kappa shape index (κ1) is 9.09. The molecule has 1 aromatic rings. The lowest BCUT2D eigenvalue weighted by Crippen LogP contribution is -2.19. The second kappa shape index (κ2) is 4.13. The molecule has 1 unspecified atom stereocenters. The number of hydrogen-bond acceptors (Lipinski definition) is 2. The van der Waals surface area contributed by atoms with Gasteiger partial charge >= 0.3 is 0 Å². The van der Waals surface area contributed by atoms with Crippen molar-refractivity contribution in [1.29, 1.82) is 0 Å². The Balaban J connectivity index is 3.02. The van der Waals surface area contributed by atoms with E-state index in [1.165, 1.54) is 0 Å². The van der Waals surface area contributed by atoms with Crippen molar-refractivity contribution in [3.63, 3.8) is 0 Å². The van der Waals surface area contributed by atoms with E-state index in [-0.39, 0.29) is 0 Å². The zero-order valence-electron chi connectivity index (χ0n) is 6.79. The predicted octanol–water partition coefficient (Wildman–Crippen LogP) is 1.52. The molecule has 5 heteroatoms. The van der Waals surface area contributed by atoms with Crippen LogP contribution in [0, 0.1) is 0 Å². The molecule has 5 nitrogen and oxygen atoms in total. The van der Waals surface area contributed by atoms with Crippen LogP contribution in [-0.2, 0) is 4.79 Å². The van der Waals surface area contributed by atoms with Gasteiger partial charge in [-0.2, -0.15) is 0 Å². The van der Waals surface area contributed by atoms with Gasteiger partial charge in [-0.1, -0.05) is 35.4 Å². The predicted molar refractivity (Wildman–Crippen MR) is 47.5 cm³/mol. The molecule has 0 aliphatic heterocycles. The average molecular weight is 176 g/mol. The van der Waals surface area contributed by atoms with Crippen LogP contribution in [0.15, 0.2) is 35.4 Å². The summed E-state index contributed by atoms with van der Waals surface area (Å²) in [5.41, 5.74) is 13.9. The van der Waals surface area contributed by atoms with Crippen molar-refractivity contribution in [3.05, 3.63) is 46.3 Å². The van der Waals surface area contributed by atoms with Crippen molar-refractivity contribution in [2.45, 2.75) is 6.04 Å². The summed E-state index contributed by atoms with van der Waals surface area (Å²) in [6, 6.07) is 7.76. The fraction of sp³-hybridized carbons (Fsp3) is 0.125. The SMILES string of the molecule is [N-]=[N+]=NC(C(N)=O)c1ccccc1. The number of azide groups is 1. The maximum Gasteiger partial charge on any atom is 0.230 e. The lowest BCUT2D eigenvalue weighted by atomic mass is 10.1. The highest BCUT2D eigenvalue weighted by atomic mass is 16.1. The summed E-state index contributed by atoms with van der Waals surface area (Å²) in [4.78, 5) is 13.4. The zero-order chi connectivity index (χ0) is 9.68. The summed E-state index contributed by atoms with van der Waals surface area (Å²) in [6.07, 6.45) is 0. The molecule has 0 aliphatic carbocycles. The molecule has 1 rings (SSSR count). The van der Waals surface area contributed by atoms with Crippen LogP contribution < -0.4 is 5.73 Å². The van der Waals surface area contributed by atoms with Gasteiger partial charge in [0.1, 0.15) is 6.04 Å². The molecular formula is C8H8N4O. The lowest BCUT2D eigenvalue weighted by molar-refractivity contribution is -0.119. The Bertz CT molecular complexity index is 340. The molecule has 1 aromatic carbocycles. The molecule has 0 radical (unpaired) electrons. The Morgan fingerprint density at radius 3 is 2.54 bits per heavy atom. The quantitative estimate of drug-likeness (QED) is 0.422. The largest absolute Gasteiger partial charge is 0.369 e. The molecule has 13 heavy (non-hydrogen) atoms. The highest BCUT2D eigenvalue weighted by Crippen LogP contribution is 2.16. The van der Waals surface area contributed by atoms with Gasteiger partial charge in [0.2, 0.25) is 5.91 Å². The maximum absolute atomic E-state index is 10.8. The van der Waals surface area contributed by atoms with E-state index in [1.54, 1.807) is 30.3 Å². The van der Waals surface area contributed by atoms with E-state index in [4.69, 9.17) is 11.3 Å². The third kappa shape index (κ3) is 2.21. The Labute approximate surface area is 74.8 Å². The summed E-state index contributed by atoms with van der Waals surface area (Å²) in [5, 5.41) is 3.30. The van der Waals surface area contributed by atoms with E-state index >= 15 is 0 Å². The van der Waals surface area contributed by atoms with E-state index < -0.39 is 11.9 Å². The van der Waals surface area contributed by atoms with Gasteiger partial charge in [0.15, 0.2) is 0 Å². The third-order valence-corrected chi connectivity index (χ3v) is 1.55. The first-order valence-electron chi connectivity index (χ1n) is 3.64. The summed E-state index contributed by atoms with van der Waals surface area (Å²) in [7, 11) is 0. The molecule has 0 aliphatic rings. The average Bonchev–Trinajstić information content (AvgIpc) is 2.15. The number of benzene rings is 1. The summed E-state index contributed by atoms with van der Waals surface area (Å²) in [6.45, 7) is 0. The first-order chi connectivity index (χ1) is 6.25. The number of nitrogens with zero attached hydrogens (tertiary/aromatic N) is 3. The van der Waals surface area contributed by atoms with Gasteiger partial charge in [0.05, 0.1) is 0 Å². The van der Waals surface area contributed by atoms with Crippen molar-refractivity contribution < 1.29 is 4.79 Å². The zero-order valence-corrected chi connectivity index (χ0v) is 6.79. The van der Waals surface area contributed by atoms with Crippen molar-refractivity contribution in [2.75, 3.05) is 0 Å². The topological polar surface area (TPSA) is 91.8 Å². The Morgan fingerprint density at radius 1 is 1.46 bits per heavy atom. The van der Waals surface area contributed by atoms with Gasteiger partial charge in [-0.15, -0.1) is 0 Å². The minimum absolute atomic E-state index is 0.604. The van der Waals surface area contributed by atoms with Crippen molar-refractivity contribution in [2.24, 2.45) is 10.8 Å². The van der Waals surface area contributed by atoms with Crippen LogP contribution in [0.5, 0.6) is 0 Å². The maximum atomic E-state index is 10.8. The number of carbonyl (C=O) groups is 1.